The van der Waals surface area contributed by atoms with Crippen molar-refractivity contribution < 1.29 is 0 Å². The van der Waals surface area contributed by atoms with E-state index < -0.39 is 0 Å². The van der Waals surface area contributed by atoms with E-state index in [0.29, 0.717) is 0 Å². The Bertz CT molecular complexity index is 385. The molecule has 0 aliphatic heterocycles. The van der Waals surface area contributed by atoms with Crippen molar-refractivity contribution in [3.63, 3.8) is 0 Å². The highest BCUT2D eigenvalue weighted by Gasteiger charge is 2.20. The van der Waals surface area contributed by atoms with E-state index in [1.807, 2.05) is 0 Å². The molecule has 0 fully saturated rings. The van der Waals surface area contributed by atoms with Crippen LogP contribution >= 0.6 is 11.6 Å². The van der Waals surface area contributed by atoms with Crippen molar-refractivity contribution in [3.05, 3.63) is 33.3 Å². The molecule has 2 heteroatoms. The summed E-state index contributed by atoms with van der Waals surface area (Å²) in [6, 6.07) is 2.26. The summed E-state index contributed by atoms with van der Waals surface area (Å²) < 4.78 is 0. The molecule has 0 radical (unpaired) electrons. The molecule has 0 saturated carbocycles. The molecule has 2 rings (SSSR count). The second-order valence-corrected chi connectivity index (χ2v) is 4.95. The quantitative estimate of drug-likeness (QED) is 0.668. The molecule has 1 aliphatic rings. The van der Waals surface area contributed by atoms with Crippen LogP contribution in [0, 0.1) is 13.8 Å². The smallest absolute Gasteiger partial charge is 0.0444 e. The van der Waals surface area contributed by atoms with E-state index in [9.17, 15) is 0 Å². The monoisotopic (exact) mass is 223 g/mol. The predicted molar refractivity (Wildman–Crippen MR) is 65.4 cm³/mol. The van der Waals surface area contributed by atoms with E-state index in [1.54, 1.807) is 0 Å². The molecule has 1 unspecified atom stereocenters. The molecule has 1 aromatic carbocycles. The van der Waals surface area contributed by atoms with Crippen LogP contribution in [0.3, 0.4) is 0 Å². The third-order valence-corrected chi connectivity index (χ3v) is 3.85. The number of benzene rings is 1. The first-order valence-corrected chi connectivity index (χ1v) is 6.03. The van der Waals surface area contributed by atoms with Gasteiger partial charge in [0.2, 0.25) is 0 Å². The van der Waals surface area contributed by atoms with E-state index in [0.717, 1.165) is 17.9 Å². The molecule has 0 saturated heterocycles. The molecule has 15 heavy (non-hydrogen) atoms. The number of rotatable bonds is 0. The minimum Gasteiger partial charge on any atom is -0.324 e. The lowest BCUT2D eigenvalue weighted by atomic mass is 9.92. The molecule has 1 nitrogen and oxygen atoms in total. The number of nitrogens with two attached hydrogens (primary N) is 1. The Morgan fingerprint density at radius 1 is 1.33 bits per heavy atom. The lowest BCUT2D eigenvalue weighted by Gasteiger charge is -2.19. The van der Waals surface area contributed by atoms with Gasteiger partial charge in [0.1, 0.15) is 0 Å². The third kappa shape index (κ3) is 1.91. The SMILES string of the molecule is Cc1cc(Cl)c2c(c1C)C(N)CCCC2. The topological polar surface area (TPSA) is 26.0 Å². The summed E-state index contributed by atoms with van der Waals surface area (Å²) in [5, 5.41) is 0.908. The second-order valence-electron chi connectivity index (χ2n) is 4.54. The van der Waals surface area contributed by atoms with E-state index in [1.165, 1.54) is 35.1 Å². The zero-order valence-corrected chi connectivity index (χ0v) is 10.2. The first-order chi connectivity index (χ1) is 7.11. The van der Waals surface area contributed by atoms with Crippen molar-refractivity contribution in [1.82, 2.24) is 0 Å². The Balaban J connectivity index is 2.63. The van der Waals surface area contributed by atoms with Crippen molar-refractivity contribution in [2.45, 2.75) is 45.6 Å². The number of fused-ring (bicyclic) bond motifs is 1. The second kappa shape index (κ2) is 4.15. The highest BCUT2D eigenvalue weighted by Crippen LogP contribution is 2.35. The Morgan fingerprint density at radius 3 is 2.80 bits per heavy atom. The first-order valence-electron chi connectivity index (χ1n) is 5.65. The Labute approximate surface area is 96.6 Å². The van der Waals surface area contributed by atoms with Gasteiger partial charge in [-0.05, 0) is 61.4 Å². The van der Waals surface area contributed by atoms with Gasteiger partial charge in [0.15, 0.2) is 0 Å². The van der Waals surface area contributed by atoms with E-state index in [-0.39, 0.29) is 6.04 Å². The highest BCUT2D eigenvalue weighted by molar-refractivity contribution is 6.31. The lowest BCUT2D eigenvalue weighted by Crippen LogP contribution is -2.13. The average molecular weight is 224 g/mol. The number of aryl methyl sites for hydroxylation is 1. The molecule has 2 N–H and O–H groups in total. The Morgan fingerprint density at radius 2 is 2.07 bits per heavy atom. The molecular formula is C13H18ClN. The van der Waals surface area contributed by atoms with Gasteiger partial charge in [-0.15, -0.1) is 0 Å². The van der Waals surface area contributed by atoms with Crippen molar-refractivity contribution in [1.29, 1.82) is 0 Å². The van der Waals surface area contributed by atoms with Crippen LogP contribution < -0.4 is 5.73 Å². The van der Waals surface area contributed by atoms with Gasteiger partial charge in [-0.1, -0.05) is 18.0 Å². The van der Waals surface area contributed by atoms with Gasteiger partial charge < -0.3 is 5.73 Å². The maximum atomic E-state index is 6.30. The van der Waals surface area contributed by atoms with Crippen LogP contribution in [-0.2, 0) is 6.42 Å². The van der Waals surface area contributed by atoms with Crippen molar-refractivity contribution in [2.24, 2.45) is 5.73 Å². The fraction of sp³-hybridized carbons (Fsp3) is 0.538. The molecule has 1 aromatic rings. The molecule has 0 aromatic heterocycles. The highest BCUT2D eigenvalue weighted by atomic mass is 35.5. The van der Waals surface area contributed by atoms with Crippen molar-refractivity contribution in [3.8, 4) is 0 Å². The summed E-state index contributed by atoms with van der Waals surface area (Å²) in [6.07, 6.45) is 4.60. The van der Waals surface area contributed by atoms with Gasteiger partial charge in [-0.3, -0.25) is 0 Å². The van der Waals surface area contributed by atoms with Crippen LogP contribution in [0.25, 0.3) is 0 Å². The molecule has 82 valence electrons. The summed E-state index contributed by atoms with van der Waals surface area (Å²) in [5.41, 5.74) is 11.4. The normalized spacial score (nSPS) is 20.9. The van der Waals surface area contributed by atoms with E-state index in [2.05, 4.69) is 19.9 Å². The average Bonchev–Trinajstić information content (AvgIpc) is 2.37. The summed E-state index contributed by atoms with van der Waals surface area (Å²) in [4.78, 5) is 0. The molecular weight excluding hydrogens is 206 g/mol. The third-order valence-electron chi connectivity index (χ3n) is 3.51. The number of hydrogen-bond acceptors (Lipinski definition) is 1. The summed E-state index contributed by atoms with van der Waals surface area (Å²) in [5.74, 6) is 0. The Kier molecular flexibility index (Phi) is 3.03. The molecule has 1 atom stereocenters. The fourth-order valence-corrected chi connectivity index (χ4v) is 2.88. The Hall–Kier alpha value is -0.530. The molecule has 1 aliphatic carbocycles. The van der Waals surface area contributed by atoms with Crippen molar-refractivity contribution in [2.75, 3.05) is 0 Å². The van der Waals surface area contributed by atoms with Crippen LogP contribution in [0.5, 0.6) is 0 Å². The zero-order valence-electron chi connectivity index (χ0n) is 9.44. The summed E-state index contributed by atoms with van der Waals surface area (Å²) >= 11 is 6.30. The maximum absolute atomic E-state index is 6.30. The first kappa shape index (κ1) is 11.0. The van der Waals surface area contributed by atoms with Gasteiger partial charge in [0.25, 0.3) is 0 Å². The van der Waals surface area contributed by atoms with Crippen molar-refractivity contribution >= 4 is 11.6 Å². The van der Waals surface area contributed by atoms with Gasteiger partial charge in [-0.25, -0.2) is 0 Å². The van der Waals surface area contributed by atoms with Gasteiger partial charge in [0.05, 0.1) is 0 Å². The summed E-state index contributed by atoms with van der Waals surface area (Å²) in [7, 11) is 0. The molecule has 0 spiro atoms. The van der Waals surface area contributed by atoms with Crippen LogP contribution in [0.1, 0.15) is 47.6 Å². The molecule has 0 amide bonds. The van der Waals surface area contributed by atoms with Gasteiger partial charge in [-0.2, -0.15) is 0 Å². The summed E-state index contributed by atoms with van der Waals surface area (Å²) in [6.45, 7) is 4.27. The van der Waals surface area contributed by atoms with Crippen LogP contribution in [-0.4, -0.2) is 0 Å². The number of hydrogen-bond donors (Lipinski definition) is 1. The van der Waals surface area contributed by atoms with Gasteiger partial charge >= 0.3 is 0 Å². The van der Waals surface area contributed by atoms with E-state index >= 15 is 0 Å². The standard InChI is InChI=1S/C13H18ClN/c1-8-7-11(14)10-5-3-4-6-12(15)13(10)9(8)2/h7,12H,3-6,15H2,1-2H3. The van der Waals surface area contributed by atoms with Crippen LogP contribution in [0.2, 0.25) is 5.02 Å². The maximum Gasteiger partial charge on any atom is 0.0444 e. The predicted octanol–water partition coefficient (Wildman–Crippen LogP) is 3.68. The molecule has 0 heterocycles. The fourth-order valence-electron chi connectivity index (χ4n) is 2.52. The number of halogens is 1. The van der Waals surface area contributed by atoms with Crippen LogP contribution in [0.4, 0.5) is 0 Å². The lowest BCUT2D eigenvalue weighted by molar-refractivity contribution is 0.613. The van der Waals surface area contributed by atoms with Gasteiger partial charge in [0, 0.05) is 11.1 Å². The minimum absolute atomic E-state index is 0.180. The van der Waals surface area contributed by atoms with E-state index in [4.69, 9.17) is 17.3 Å². The van der Waals surface area contributed by atoms with Crippen LogP contribution in [0.15, 0.2) is 6.07 Å². The minimum atomic E-state index is 0.180. The largest absolute Gasteiger partial charge is 0.324 e. The molecule has 0 bridgehead atoms. The zero-order chi connectivity index (χ0) is 11.0.